The van der Waals surface area contributed by atoms with Gasteiger partial charge in [-0.3, -0.25) is 4.90 Å². The Bertz CT molecular complexity index is 554. The van der Waals surface area contributed by atoms with Gasteiger partial charge in [0.05, 0.1) is 0 Å². The first-order chi connectivity index (χ1) is 11.8. The molecule has 5 heteroatoms. The van der Waals surface area contributed by atoms with E-state index in [-0.39, 0.29) is 6.09 Å². The van der Waals surface area contributed by atoms with Gasteiger partial charge in [-0.15, -0.1) is 0 Å². The summed E-state index contributed by atoms with van der Waals surface area (Å²) >= 11 is 0. The van der Waals surface area contributed by atoms with Crippen LogP contribution >= 0.6 is 0 Å². The van der Waals surface area contributed by atoms with E-state index in [1.54, 1.807) is 0 Å². The summed E-state index contributed by atoms with van der Waals surface area (Å²) in [6, 6.07) is 8.14. The van der Waals surface area contributed by atoms with Crippen molar-refractivity contribution in [1.82, 2.24) is 10.2 Å². The van der Waals surface area contributed by atoms with Gasteiger partial charge in [0.25, 0.3) is 0 Å². The molecule has 1 aliphatic heterocycles. The first-order valence-corrected chi connectivity index (χ1v) is 9.20. The van der Waals surface area contributed by atoms with E-state index >= 15 is 0 Å². The fraction of sp³-hybridized carbons (Fsp3) is 0.650. The van der Waals surface area contributed by atoms with Crippen molar-refractivity contribution in [3.8, 4) is 5.75 Å². The number of hydrogen-bond acceptors (Lipinski definition) is 4. The standard InChI is InChI=1S/C20H32N2O3/c1-16-7-5-9-18(13-16)24-12-11-22-10-6-8-17(15-22)14-21-19(23)25-20(2,3)4/h5,7,9,13,17H,6,8,10-12,14-15H2,1-4H3,(H,21,23). The number of likely N-dealkylation sites (tertiary alicyclic amines) is 1. The number of nitrogens with one attached hydrogen (secondary N) is 1. The second kappa shape index (κ2) is 9.09. The number of piperidine rings is 1. The first kappa shape index (κ1) is 19.6. The van der Waals surface area contributed by atoms with Gasteiger partial charge in [-0.05, 0) is 70.7 Å². The van der Waals surface area contributed by atoms with Gasteiger partial charge in [0.2, 0.25) is 0 Å². The van der Waals surface area contributed by atoms with Crippen molar-refractivity contribution in [3.05, 3.63) is 29.8 Å². The van der Waals surface area contributed by atoms with E-state index in [0.717, 1.165) is 38.2 Å². The van der Waals surface area contributed by atoms with Crippen molar-refractivity contribution in [2.24, 2.45) is 5.92 Å². The summed E-state index contributed by atoms with van der Waals surface area (Å²) < 4.78 is 11.1. The molecule has 1 aliphatic rings. The summed E-state index contributed by atoms with van der Waals surface area (Å²) in [6.45, 7) is 12.1. The molecule has 5 nitrogen and oxygen atoms in total. The number of rotatable bonds is 6. The molecule has 0 aromatic heterocycles. The third kappa shape index (κ3) is 7.78. The van der Waals surface area contributed by atoms with Gasteiger partial charge in [-0.25, -0.2) is 4.79 Å². The molecule has 2 rings (SSSR count). The average Bonchev–Trinajstić information content (AvgIpc) is 2.52. The molecule has 1 fully saturated rings. The van der Waals surface area contributed by atoms with Gasteiger partial charge in [-0.2, -0.15) is 0 Å². The van der Waals surface area contributed by atoms with Crippen LogP contribution in [-0.4, -0.2) is 49.4 Å². The molecule has 0 spiro atoms. The summed E-state index contributed by atoms with van der Waals surface area (Å²) in [5.74, 6) is 1.40. The fourth-order valence-electron chi connectivity index (χ4n) is 3.06. The van der Waals surface area contributed by atoms with Crippen LogP contribution in [0.4, 0.5) is 4.79 Å². The van der Waals surface area contributed by atoms with Crippen LogP contribution in [0.1, 0.15) is 39.2 Å². The lowest BCUT2D eigenvalue weighted by Crippen LogP contribution is -2.43. The van der Waals surface area contributed by atoms with E-state index in [2.05, 4.69) is 29.3 Å². The number of amides is 1. The summed E-state index contributed by atoms with van der Waals surface area (Å²) in [5, 5.41) is 2.90. The number of hydrogen-bond donors (Lipinski definition) is 1. The number of ether oxygens (including phenoxy) is 2. The van der Waals surface area contributed by atoms with Crippen LogP contribution in [0.2, 0.25) is 0 Å². The van der Waals surface area contributed by atoms with Crippen LogP contribution in [0.15, 0.2) is 24.3 Å². The molecular formula is C20H32N2O3. The Hall–Kier alpha value is -1.75. The van der Waals surface area contributed by atoms with Crippen LogP contribution in [-0.2, 0) is 4.74 Å². The maximum absolute atomic E-state index is 11.8. The number of aryl methyl sites for hydroxylation is 1. The lowest BCUT2D eigenvalue weighted by atomic mass is 9.98. The van der Waals surface area contributed by atoms with Crippen molar-refractivity contribution < 1.29 is 14.3 Å². The molecule has 1 unspecified atom stereocenters. The number of carbonyl (C=O) groups excluding carboxylic acids is 1. The number of benzene rings is 1. The zero-order valence-electron chi connectivity index (χ0n) is 16.0. The molecule has 0 radical (unpaired) electrons. The highest BCUT2D eigenvalue weighted by atomic mass is 16.6. The summed E-state index contributed by atoms with van der Waals surface area (Å²) in [5.41, 5.74) is 0.763. The Morgan fingerprint density at radius 2 is 2.16 bits per heavy atom. The Kier molecular flexibility index (Phi) is 7.12. The molecular weight excluding hydrogens is 316 g/mol. The topological polar surface area (TPSA) is 50.8 Å². The molecule has 1 aromatic rings. The average molecular weight is 348 g/mol. The van der Waals surface area contributed by atoms with Crippen LogP contribution in [0.25, 0.3) is 0 Å². The highest BCUT2D eigenvalue weighted by molar-refractivity contribution is 5.67. The van der Waals surface area contributed by atoms with E-state index < -0.39 is 5.60 Å². The lowest BCUT2D eigenvalue weighted by Gasteiger charge is -2.32. The maximum atomic E-state index is 11.8. The van der Waals surface area contributed by atoms with Crippen molar-refractivity contribution in [2.45, 2.75) is 46.1 Å². The van der Waals surface area contributed by atoms with Gasteiger partial charge in [0, 0.05) is 19.6 Å². The second-order valence-electron chi connectivity index (χ2n) is 7.86. The monoisotopic (exact) mass is 348 g/mol. The Balaban J connectivity index is 1.67. The van der Waals surface area contributed by atoms with Crippen LogP contribution in [0.5, 0.6) is 5.75 Å². The zero-order valence-corrected chi connectivity index (χ0v) is 16.0. The molecule has 1 saturated heterocycles. The largest absolute Gasteiger partial charge is 0.492 e. The molecule has 140 valence electrons. The zero-order chi connectivity index (χ0) is 18.3. The van der Waals surface area contributed by atoms with Gasteiger partial charge in [0.1, 0.15) is 18.0 Å². The number of carbonyl (C=O) groups is 1. The molecule has 25 heavy (non-hydrogen) atoms. The molecule has 1 atom stereocenters. The third-order valence-corrected chi connectivity index (χ3v) is 4.20. The van der Waals surface area contributed by atoms with Crippen molar-refractivity contribution in [2.75, 3.05) is 32.8 Å². The van der Waals surface area contributed by atoms with Crippen molar-refractivity contribution in [1.29, 1.82) is 0 Å². The van der Waals surface area contributed by atoms with E-state index in [1.165, 1.54) is 5.56 Å². The van der Waals surface area contributed by atoms with Crippen LogP contribution in [0, 0.1) is 12.8 Å². The minimum atomic E-state index is -0.449. The summed E-state index contributed by atoms with van der Waals surface area (Å²) in [4.78, 5) is 14.2. The summed E-state index contributed by atoms with van der Waals surface area (Å²) in [7, 11) is 0. The predicted molar refractivity (Wildman–Crippen MR) is 100 cm³/mol. The van der Waals surface area contributed by atoms with E-state index in [0.29, 0.717) is 19.1 Å². The van der Waals surface area contributed by atoms with Gasteiger partial charge >= 0.3 is 6.09 Å². The van der Waals surface area contributed by atoms with Gasteiger partial charge in [0.15, 0.2) is 0 Å². The molecule has 0 aliphatic carbocycles. The molecule has 1 N–H and O–H groups in total. The number of alkyl carbamates (subject to hydrolysis) is 1. The molecule has 1 amide bonds. The lowest BCUT2D eigenvalue weighted by molar-refractivity contribution is 0.0505. The SMILES string of the molecule is Cc1cccc(OCCN2CCCC(CNC(=O)OC(C)(C)C)C2)c1. The summed E-state index contributed by atoms with van der Waals surface area (Å²) in [6.07, 6.45) is 1.98. The van der Waals surface area contributed by atoms with Crippen LogP contribution < -0.4 is 10.1 Å². The number of nitrogens with zero attached hydrogens (tertiary/aromatic N) is 1. The third-order valence-electron chi connectivity index (χ3n) is 4.20. The fourth-order valence-corrected chi connectivity index (χ4v) is 3.06. The Morgan fingerprint density at radius 3 is 2.88 bits per heavy atom. The van der Waals surface area contributed by atoms with Gasteiger partial charge < -0.3 is 14.8 Å². The molecule has 0 saturated carbocycles. The maximum Gasteiger partial charge on any atom is 0.407 e. The van der Waals surface area contributed by atoms with E-state index in [4.69, 9.17) is 9.47 Å². The van der Waals surface area contributed by atoms with Crippen molar-refractivity contribution in [3.63, 3.8) is 0 Å². The second-order valence-corrected chi connectivity index (χ2v) is 7.86. The predicted octanol–water partition coefficient (Wildman–Crippen LogP) is 3.61. The Labute approximate surface area is 151 Å². The highest BCUT2D eigenvalue weighted by Crippen LogP contribution is 2.17. The normalized spacial score (nSPS) is 18.6. The molecule has 0 bridgehead atoms. The molecule has 1 heterocycles. The minimum absolute atomic E-state index is 0.326. The first-order valence-electron chi connectivity index (χ1n) is 9.20. The highest BCUT2D eigenvalue weighted by Gasteiger charge is 2.22. The quantitative estimate of drug-likeness (QED) is 0.853. The van der Waals surface area contributed by atoms with E-state index in [9.17, 15) is 4.79 Å². The smallest absolute Gasteiger partial charge is 0.407 e. The van der Waals surface area contributed by atoms with E-state index in [1.807, 2.05) is 32.9 Å². The van der Waals surface area contributed by atoms with Crippen molar-refractivity contribution >= 4 is 6.09 Å². The minimum Gasteiger partial charge on any atom is -0.492 e. The van der Waals surface area contributed by atoms with Gasteiger partial charge in [-0.1, -0.05) is 12.1 Å². The van der Waals surface area contributed by atoms with Crippen LogP contribution in [0.3, 0.4) is 0 Å². The Morgan fingerprint density at radius 1 is 1.36 bits per heavy atom. The molecule has 1 aromatic carbocycles.